The first-order valence-corrected chi connectivity index (χ1v) is 4.84. The summed E-state index contributed by atoms with van der Waals surface area (Å²) in [7, 11) is 0. The first-order valence-electron chi connectivity index (χ1n) is 4.84. The summed E-state index contributed by atoms with van der Waals surface area (Å²) in [5.41, 5.74) is 0.743. The molecular weight excluding hydrogens is 196 g/mol. The van der Waals surface area contributed by atoms with Crippen molar-refractivity contribution in [1.29, 1.82) is 0 Å². The Labute approximate surface area is 85.6 Å². The smallest absolute Gasteiger partial charge is 0.275 e. The fourth-order valence-corrected chi connectivity index (χ4v) is 1.62. The summed E-state index contributed by atoms with van der Waals surface area (Å²) in [6.07, 6.45) is 2.61. The maximum absolute atomic E-state index is 5.27. The molecule has 1 saturated heterocycles. The first-order chi connectivity index (χ1) is 7.43. The van der Waals surface area contributed by atoms with E-state index in [1.165, 1.54) is 0 Å². The fraction of sp³-hybridized carbons (Fsp3) is 0.444. The molecule has 2 aromatic heterocycles. The Hall–Kier alpha value is -1.69. The van der Waals surface area contributed by atoms with Gasteiger partial charge in [-0.15, -0.1) is 0 Å². The number of rotatable bonds is 2. The predicted octanol–water partition coefficient (Wildman–Crippen LogP) is 0.964. The maximum Gasteiger partial charge on any atom is 0.275 e. The van der Waals surface area contributed by atoms with E-state index < -0.39 is 0 Å². The number of hydrogen-bond donors (Lipinski definition) is 1. The van der Waals surface area contributed by atoms with Gasteiger partial charge in [-0.1, -0.05) is 5.16 Å². The molecule has 3 rings (SSSR count). The van der Waals surface area contributed by atoms with Gasteiger partial charge in [0, 0.05) is 18.7 Å². The average molecular weight is 206 g/mol. The van der Waals surface area contributed by atoms with Crippen LogP contribution in [0.1, 0.15) is 18.2 Å². The summed E-state index contributed by atoms with van der Waals surface area (Å²) in [5, 5.41) is 10.5. The van der Waals surface area contributed by atoms with Gasteiger partial charge in [-0.2, -0.15) is 10.1 Å². The van der Waals surface area contributed by atoms with Crippen LogP contribution in [-0.2, 0) is 4.74 Å². The normalized spacial score (nSPS) is 20.9. The Morgan fingerprint density at radius 2 is 2.47 bits per heavy atom. The molecule has 0 radical (unpaired) electrons. The zero-order chi connectivity index (χ0) is 10.1. The third-order valence-electron chi connectivity index (χ3n) is 2.47. The molecule has 1 aliphatic heterocycles. The van der Waals surface area contributed by atoms with Gasteiger partial charge in [0.2, 0.25) is 0 Å². The Kier molecular flexibility index (Phi) is 1.99. The molecule has 3 heterocycles. The zero-order valence-electron chi connectivity index (χ0n) is 8.01. The molecular formula is C9H10N4O2. The van der Waals surface area contributed by atoms with E-state index in [1.54, 1.807) is 12.3 Å². The second-order valence-corrected chi connectivity index (χ2v) is 3.49. The van der Waals surface area contributed by atoms with Crippen molar-refractivity contribution in [1.82, 2.24) is 20.3 Å². The van der Waals surface area contributed by atoms with Crippen LogP contribution in [0.3, 0.4) is 0 Å². The lowest BCUT2D eigenvalue weighted by molar-refractivity contribution is 0.192. The van der Waals surface area contributed by atoms with E-state index in [4.69, 9.17) is 9.26 Å². The van der Waals surface area contributed by atoms with Crippen molar-refractivity contribution in [2.75, 3.05) is 13.2 Å². The van der Waals surface area contributed by atoms with Crippen LogP contribution in [0.5, 0.6) is 0 Å². The van der Waals surface area contributed by atoms with Crippen molar-refractivity contribution in [3.8, 4) is 11.6 Å². The summed E-state index contributed by atoms with van der Waals surface area (Å²) >= 11 is 0. The second kappa shape index (κ2) is 3.47. The Morgan fingerprint density at radius 1 is 1.47 bits per heavy atom. The molecule has 0 aromatic carbocycles. The van der Waals surface area contributed by atoms with Gasteiger partial charge >= 0.3 is 0 Å². The highest BCUT2D eigenvalue weighted by Gasteiger charge is 2.23. The molecule has 1 aliphatic rings. The van der Waals surface area contributed by atoms with Crippen molar-refractivity contribution in [3.05, 3.63) is 18.1 Å². The van der Waals surface area contributed by atoms with Gasteiger partial charge in [0.15, 0.2) is 5.82 Å². The minimum Gasteiger partial charge on any atom is -0.381 e. The summed E-state index contributed by atoms with van der Waals surface area (Å²) < 4.78 is 10.4. The van der Waals surface area contributed by atoms with E-state index in [-0.39, 0.29) is 5.92 Å². The molecule has 6 nitrogen and oxygen atoms in total. The molecule has 1 fully saturated rings. The summed E-state index contributed by atoms with van der Waals surface area (Å²) in [4.78, 5) is 4.31. The molecule has 0 saturated carbocycles. The lowest BCUT2D eigenvalue weighted by Crippen LogP contribution is -1.99. The Morgan fingerprint density at radius 3 is 3.20 bits per heavy atom. The monoisotopic (exact) mass is 206 g/mol. The molecule has 6 heteroatoms. The molecule has 78 valence electrons. The molecule has 0 amide bonds. The number of hydrogen-bond acceptors (Lipinski definition) is 5. The van der Waals surface area contributed by atoms with Crippen LogP contribution in [0.2, 0.25) is 0 Å². The molecule has 1 atom stereocenters. The molecule has 2 aromatic rings. The number of ether oxygens (including phenoxy) is 1. The van der Waals surface area contributed by atoms with Crippen molar-refractivity contribution in [3.63, 3.8) is 0 Å². The first kappa shape index (κ1) is 8.60. The molecule has 1 N–H and O–H groups in total. The molecule has 0 bridgehead atoms. The lowest BCUT2D eigenvalue weighted by atomic mass is 10.1. The van der Waals surface area contributed by atoms with Gasteiger partial charge in [0.25, 0.3) is 5.89 Å². The molecule has 0 unspecified atom stereocenters. The number of nitrogens with zero attached hydrogens (tertiary/aromatic N) is 3. The number of nitrogens with one attached hydrogen (secondary N) is 1. The van der Waals surface area contributed by atoms with E-state index in [9.17, 15) is 0 Å². The van der Waals surface area contributed by atoms with Crippen LogP contribution in [0.4, 0.5) is 0 Å². The zero-order valence-corrected chi connectivity index (χ0v) is 8.01. The van der Waals surface area contributed by atoms with Crippen LogP contribution in [0, 0.1) is 0 Å². The Balaban J connectivity index is 1.87. The third-order valence-corrected chi connectivity index (χ3v) is 2.47. The molecule has 0 aliphatic carbocycles. The van der Waals surface area contributed by atoms with Gasteiger partial charge in [0.05, 0.1) is 6.61 Å². The van der Waals surface area contributed by atoms with E-state index in [2.05, 4.69) is 20.3 Å². The number of aromatic nitrogens is 4. The van der Waals surface area contributed by atoms with Crippen LogP contribution in [0.25, 0.3) is 11.6 Å². The van der Waals surface area contributed by atoms with Gasteiger partial charge < -0.3 is 9.26 Å². The van der Waals surface area contributed by atoms with Crippen molar-refractivity contribution in [2.45, 2.75) is 12.3 Å². The van der Waals surface area contributed by atoms with Gasteiger partial charge in [-0.25, -0.2) is 0 Å². The highest BCUT2D eigenvalue weighted by molar-refractivity contribution is 5.44. The van der Waals surface area contributed by atoms with Crippen molar-refractivity contribution in [2.24, 2.45) is 0 Å². The van der Waals surface area contributed by atoms with E-state index in [1.807, 2.05) is 0 Å². The molecule has 15 heavy (non-hydrogen) atoms. The largest absolute Gasteiger partial charge is 0.381 e. The van der Waals surface area contributed by atoms with Crippen LogP contribution in [-0.4, -0.2) is 33.6 Å². The SMILES string of the molecule is c1cc(-c2nc([C@@H]3CCOC3)no2)[nH]n1. The number of H-pyrrole nitrogens is 1. The van der Waals surface area contributed by atoms with E-state index in [0.29, 0.717) is 12.5 Å². The van der Waals surface area contributed by atoms with Crippen LogP contribution < -0.4 is 0 Å². The predicted molar refractivity (Wildman–Crippen MR) is 50.1 cm³/mol. The van der Waals surface area contributed by atoms with Crippen molar-refractivity contribution < 1.29 is 9.26 Å². The standard InChI is InChI=1S/C9H10N4O2/c1-3-10-12-7(1)9-11-8(13-15-9)6-2-4-14-5-6/h1,3,6H,2,4-5H2,(H,10,12)/t6-/m1/s1. The quantitative estimate of drug-likeness (QED) is 0.792. The average Bonchev–Trinajstić information content (AvgIpc) is 3.02. The third kappa shape index (κ3) is 1.52. The van der Waals surface area contributed by atoms with Crippen LogP contribution >= 0.6 is 0 Å². The molecule has 0 spiro atoms. The van der Waals surface area contributed by atoms with E-state index >= 15 is 0 Å². The van der Waals surface area contributed by atoms with E-state index in [0.717, 1.165) is 24.5 Å². The lowest BCUT2D eigenvalue weighted by Gasteiger charge is -1.97. The van der Waals surface area contributed by atoms with Crippen LogP contribution in [0.15, 0.2) is 16.8 Å². The summed E-state index contributed by atoms with van der Waals surface area (Å²) in [6.45, 7) is 1.46. The fourth-order valence-electron chi connectivity index (χ4n) is 1.62. The topological polar surface area (TPSA) is 76.8 Å². The highest BCUT2D eigenvalue weighted by atomic mass is 16.5. The minimum absolute atomic E-state index is 0.269. The Bertz CT molecular complexity index is 431. The summed E-state index contributed by atoms with van der Waals surface area (Å²) in [5.74, 6) is 1.47. The number of aromatic amines is 1. The van der Waals surface area contributed by atoms with Gasteiger partial charge in [-0.3, -0.25) is 5.10 Å². The maximum atomic E-state index is 5.27. The van der Waals surface area contributed by atoms with Crippen molar-refractivity contribution >= 4 is 0 Å². The van der Waals surface area contributed by atoms with Gasteiger partial charge in [-0.05, 0) is 12.5 Å². The van der Waals surface area contributed by atoms with Gasteiger partial charge in [0.1, 0.15) is 5.69 Å². The summed E-state index contributed by atoms with van der Waals surface area (Å²) in [6, 6.07) is 1.79. The highest BCUT2D eigenvalue weighted by Crippen LogP contribution is 2.24. The second-order valence-electron chi connectivity index (χ2n) is 3.49. The minimum atomic E-state index is 0.269.